The summed E-state index contributed by atoms with van der Waals surface area (Å²) in [7, 11) is -3.67. The summed E-state index contributed by atoms with van der Waals surface area (Å²) in [6, 6.07) is 13.1. The molecular weight excluding hydrogens is 434 g/mol. The minimum Gasteiger partial charge on any atom is -0.358 e. The van der Waals surface area contributed by atoms with Gasteiger partial charge in [-0.15, -0.1) is 0 Å². The van der Waals surface area contributed by atoms with Crippen molar-refractivity contribution >= 4 is 32.5 Å². The van der Waals surface area contributed by atoms with Crippen molar-refractivity contribution in [3.8, 4) is 0 Å². The molecule has 1 unspecified atom stereocenters. The number of hydrogen-bond acceptors (Lipinski definition) is 3. The van der Waals surface area contributed by atoms with Gasteiger partial charge in [-0.25, -0.2) is 8.42 Å². The van der Waals surface area contributed by atoms with E-state index in [9.17, 15) is 13.2 Å². The lowest BCUT2D eigenvalue weighted by Gasteiger charge is -2.31. The third kappa shape index (κ3) is 4.44. The third-order valence-electron chi connectivity index (χ3n) is 7.03. The van der Waals surface area contributed by atoms with Crippen molar-refractivity contribution in [3.63, 3.8) is 0 Å². The van der Waals surface area contributed by atoms with Gasteiger partial charge in [0.05, 0.1) is 10.8 Å². The van der Waals surface area contributed by atoms with E-state index in [1.54, 1.807) is 6.07 Å². The normalized spacial score (nSPS) is 19.7. The third-order valence-corrected chi connectivity index (χ3v) is 8.89. The molecule has 2 N–H and O–H groups in total. The van der Waals surface area contributed by atoms with E-state index in [2.05, 4.69) is 10.3 Å². The van der Waals surface area contributed by atoms with Gasteiger partial charge in [0.15, 0.2) is 0 Å². The van der Waals surface area contributed by atoms with Crippen LogP contribution < -0.4 is 5.32 Å². The van der Waals surface area contributed by atoms with Gasteiger partial charge in [0.2, 0.25) is 15.9 Å². The Hall–Kier alpha value is -2.64. The molecule has 1 aromatic heterocycles. The van der Waals surface area contributed by atoms with Gasteiger partial charge in [-0.3, -0.25) is 4.79 Å². The Morgan fingerprint density at radius 2 is 1.82 bits per heavy atom. The SMILES string of the molecule is Cc1ccc(NC(=O)C2CCCN(S(=O)(=O)c3ccc4[nH]c5c(c4c3)CCCCC5)C2)cc1. The number of fused-ring (bicyclic) bond motifs is 3. The number of hydrogen-bond donors (Lipinski definition) is 2. The van der Waals surface area contributed by atoms with Gasteiger partial charge in [0.1, 0.15) is 0 Å². The number of carbonyl (C=O) groups is 1. The van der Waals surface area contributed by atoms with Crippen LogP contribution in [0.4, 0.5) is 5.69 Å². The van der Waals surface area contributed by atoms with Gasteiger partial charge >= 0.3 is 0 Å². The first-order valence-electron chi connectivity index (χ1n) is 11.9. The van der Waals surface area contributed by atoms with Gasteiger partial charge in [-0.05, 0) is 81.3 Å². The van der Waals surface area contributed by atoms with Crippen LogP contribution in [0.15, 0.2) is 47.4 Å². The maximum Gasteiger partial charge on any atom is 0.243 e. The van der Waals surface area contributed by atoms with Gasteiger partial charge in [-0.2, -0.15) is 4.31 Å². The topological polar surface area (TPSA) is 82.3 Å². The van der Waals surface area contributed by atoms with Crippen LogP contribution in [0.5, 0.6) is 0 Å². The van der Waals surface area contributed by atoms with E-state index in [1.807, 2.05) is 43.3 Å². The fourth-order valence-corrected chi connectivity index (χ4v) is 6.68. The molecule has 1 saturated heterocycles. The average molecular weight is 466 g/mol. The Morgan fingerprint density at radius 3 is 2.64 bits per heavy atom. The van der Waals surface area contributed by atoms with Gasteiger partial charge in [-0.1, -0.05) is 24.1 Å². The minimum atomic E-state index is -3.67. The zero-order valence-electron chi connectivity index (χ0n) is 19.1. The number of amides is 1. The first-order valence-corrected chi connectivity index (χ1v) is 13.4. The van der Waals surface area contributed by atoms with Crippen molar-refractivity contribution in [2.45, 2.75) is 56.8 Å². The summed E-state index contributed by atoms with van der Waals surface area (Å²) in [5.41, 5.74) is 5.40. The molecule has 0 saturated carbocycles. The summed E-state index contributed by atoms with van der Waals surface area (Å²) < 4.78 is 28.6. The van der Waals surface area contributed by atoms with Crippen LogP contribution in [0.3, 0.4) is 0 Å². The Labute approximate surface area is 195 Å². The van der Waals surface area contributed by atoms with E-state index in [-0.39, 0.29) is 18.4 Å². The standard InChI is InChI=1S/C26H31N3O3S/c1-18-9-11-20(12-10-18)27-26(30)19-6-5-15-29(17-19)33(31,32)21-13-14-25-23(16-21)22-7-3-2-4-8-24(22)28-25/h9-14,16,19,28H,2-8,15,17H2,1H3,(H,27,30). The van der Waals surface area contributed by atoms with Crippen LogP contribution in [0.2, 0.25) is 0 Å². The molecule has 6 nitrogen and oxygen atoms in total. The molecule has 0 bridgehead atoms. The first-order chi connectivity index (χ1) is 15.9. The van der Waals surface area contributed by atoms with E-state index in [4.69, 9.17) is 0 Å². The number of rotatable bonds is 4. The number of H-pyrrole nitrogens is 1. The van der Waals surface area contributed by atoms with E-state index in [0.717, 1.165) is 41.4 Å². The number of aromatic nitrogens is 1. The zero-order chi connectivity index (χ0) is 23.0. The predicted molar refractivity (Wildman–Crippen MR) is 131 cm³/mol. The highest BCUT2D eigenvalue weighted by Crippen LogP contribution is 2.32. The molecule has 174 valence electrons. The minimum absolute atomic E-state index is 0.120. The lowest BCUT2D eigenvalue weighted by Crippen LogP contribution is -2.43. The first kappa shape index (κ1) is 22.2. The molecule has 1 amide bonds. The second kappa shape index (κ2) is 8.95. The second-order valence-corrected chi connectivity index (χ2v) is 11.3. The van der Waals surface area contributed by atoms with Crippen molar-refractivity contribution in [2.75, 3.05) is 18.4 Å². The number of sulfonamides is 1. The largest absolute Gasteiger partial charge is 0.358 e. The van der Waals surface area contributed by atoms with Crippen LogP contribution in [-0.2, 0) is 27.7 Å². The zero-order valence-corrected chi connectivity index (χ0v) is 19.9. The molecule has 7 heteroatoms. The smallest absolute Gasteiger partial charge is 0.243 e. The number of carbonyl (C=O) groups excluding carboxylic acids is 1. The highest BCUT2D eigenvalue weighted by atomic mass is 32.2. The fourth-order valence-electron chi connectivity index (χ4n) is 5.13. The molecule has 2 aliphatic rings. The van der Waals surface area contributed by atoms with Crippen LogP contribution in [0.1, 0.15) is 48.9 Å². The van der Waals surface area contributed by atoms with E-state index in [1.165, 1.54) is 28.4 Å². The summed E-state index contributed by atoms with van der Waals surface area (Å²) in [5, 5.41) is 3.97. The van der Waals surface area contributed by atoms with Gasteiger partial charge < -0.3 is 10.3 Å². The molecule has 1 aliphatic heterocycles. The number of benzene rings is 2. The Morgan fingerprint density at radius 1 is 1.03 bits per heavy atom. The number of aryl methyl sites for hydroxylation is 3. The number of nitrogens with zero attached hydrogens (tertiary/aromatic N) is 1. The van der Waals surface area contributed by atoms with Crippen LogP contribution in [0.25, 0.3) is 10.9 Å². The van der Waals surface area contributed by atoms with Crippen LogP contribution in [-0.4, -0.2) is 36.7 Å². The highest BCUT2D eigenvalue weighted by Gasteiger charge is 2.33. The number of piperidine rings is 1. The Bertz CT molecular complexity index is 1280. The molecule has 3 aromatic rings. The van der Waals surface area contributed by atoms with E-state index >= 15 is 0 Å². The van der Waals surface area contributed by atoms with Crippen molar-refractivity contribution in [2.24, 2.45) is 5.92 Å². The highest BCUT2D eigenvalue weighted by molar-refractivity contribution is 7.89. The number of aromatic amines is 1. The maximum absolute atomic E-state index is 13.5. The lowest BCUT2D eigenvalue weighted by molar-refractivity contribution is -0.120. The predicted octanol–water partition coefficient (Wildman–Crippen LogP) is 4.78. The summed E-state index contributed by atoms with van der Waals surface area (Å²) in [6.45, 7) is 2.65. The quantitative estimate of drug-likeness (QED) is 0.544. The van der Waals surface area contributed by atoms with E-state index in [0.29, 0.717) is 24.3 Å². The van der Waals surface area contributed by atoms with Gasteiger partial charge in [0, 0.05) is 35.4 Å². The monoisotopic (exact) mass is 465 g/mol. The van der Waals surface area contributed by atoms with Crippen molar-refractivity contribution in [1.82, 2.24) is 9.29 Å². The average Bonchev–Trinajstić information content (AvgIpc) is 3.00. The Balaban J connectivity index is 1.36. The summed E-state index contributed by atoms with van der Waals surface area (Å²) in [4.78, 5) is 16.7. The van der Waals surface area contributed by atoms with Crippen LogP contribution in [0, 0.1) is 12.8 Å². The molecule has 33 heavy (non-hydrogen) atoms. The van der Waals surface area contributed by atoms with Crippen molar-refractivity contribution in [1.29, 1.82) is 0 Å². The molecule has 1 aliphatic carbocycles. The number of nitrogens with one attached hydrogen (secondary N) is 2. The second-order valence-electron chi connectivity index (χ2n) is 9.41. The van der Waals surface area contributed by atoms with Crippen molar-refractivity contribution < 1.29 is 13.2 Å². The summed E-state index contributed by atoms with van der Waals surface area (Å²) in [6.07, 6.45) is 6.90. The summed E-state index contributed by atoms with van der Waals surface area (Å²) >= 11 is 0. The molecule has 1 atom stereocenters. The van der Waals surface area contributed by atoms with E-state index < -0.39 is 10.0 Å². The molecule has 0 spiro atoms. The van der Waals surface area contributed by atoms with Crippen LogP contribution >= 0.6 is 0 Å². The van der Waals surface area contributed by atoms with Crippen molar-refractivity contribution in [3.05, 3.63) is 59.3 Å². The molecule has 2 heterocycles. The molecule has 0 radical (unpaired) electrons. The fraction of sp³-hybridized carbons (Fsp3) is 0.423. The molecule has 2 aromatic carbocycles. The van der Waals surface area contributed by atoms with Gasteiger partial charge in [0.25, 0.3) is 0 Å². The molecule has 5 rings (SSSR count). The maximum atomic E-state index is 13.5. The molecular formula is C26H31N3O3S. The Kier molecular flexibility index (Phi) is 6.01. The lowest BCUT2D eigenvalue weighted by atomic mass is 9.98. The molecule has 1 fully saturated rings. The number of anilines is 1. The summed E-state index contributed by atoms with van der Waals surface area (Å²) in [5.74, 6) is -0.479.